The van der Waals surface area contributed by atoms with Crippen LogP contribution in [0.3, 0.4) is 0 Å². The van der Waals surface area contributed by atoms with Crippen LogP contribution in [0, 0.1) is 12.8 Å². The van der Waals surface area contributed by atoms with Gasteiger partial charge >= 0.3 is 12.0 Å². The molecule has 2 saturated carbocycles. The number of carbonyl (C=O) groups is 2. The summed E-state index contributed by atoms with van der Waals surface area (Å²) in [5, 5.41) is 17.2. The fourth-order valence-electron chi connectivity index (χ4n) is 2.88. The van der Waals surface area contributed by atoms with Gasteiger partial charge in [0, 0.05) is 24.0 Å². The van der Waals surface area contributed by atoms with Gasteiger partial charge in [-0.05, 0) is 38.5 Å². The highest BCUT2D eigenvalue weighted by molar-refractivity contribution is 7.13. The van der Waals surface area contributed by atoms with Crippen molar-refractivity contribution in [3.63, 3.8) is 0 Å². The number of nitrogens with one attached hydrogen (secondary N) is 2. The van der Waals surface area contributed by atoms with E-state index >= 15 is 0 Å². The average molecular weight is 338 g/mol. The van der Waals surface area contributed by atoms with Gasteiger partial charge in [0.15, 0.2) is 5.13 Å². The monoisotopic (exact) mass is 338 g/mol. The fraction of sp³-hybridized carbons (Fsp3) is 0.667. The number of aliphatic carboxylic acids is 1. The summed E-state index contributed by atoms with van der Waals surface area (Å²) in [4.78, 5) is 29.1. The van der Waals surface area contributed by atoms with E-state index in [1.165, 1.54) is 24.2 Å². The first-order chi connectivity index (χ1) is 11.0. The van der Waals surface area contributed by atoms with Gasteiger partial charge in [-0.25, -0.2) is 9.78 Å². The van der Waals surface area contributed by atoms with Gasteiger partial charge in [0.25, 0.3) is 0 Å². The molecule has 2 aliphatic carbocycles. The first-order valence-corrected chi connectivity index (χ1v) is 8.83. The first kappa shape index (κ1) is 16.2. The zero-order chi connectivity index (χ0) is 16.4. The fourth-order valence-corrected chi connectivity index (χ4v) is 3.57. The maximum Gasteiger partial charge on any atom is 0.321 e. The summed E-state index contributed by atoms with van der Waals surface area (Å²) < 4.78 is 0. The van der Waals surface area contributed by atoms with Gasteiger partial charge < -0.3 is 10.4 Å². The van der Waals surface area contributed by atoms with Crippen LogP contribution >= 0.6 is 11.3 Å². The second kappa shape index (κ2) is 6.84. The normalized spacial score (nSPS) is 23.4. The number of anilines is 1. The molecule has 1 aromatic rings. The summed E-state index contributed by atoms with van der Waals surface area (Å²) in [5.74, 6) is -0.114. The van der Waals surface area contributed by atoms with Gasteiger partial charge in [-0.3, -0.25) is 15.0 Å². The lowest BCUT2D eigenvalue weighted by atomic mass is 9.85. The Morgan fingerprint density at radius 3 is 2.74 bits per heavy atom. The molecule has 0 spiro atoms. The average Bonchev–Trinajstić information content (AvgIpc) is 3.14. The number of carboxylic acid groups (broad SMARTS) is 1. The van der Waals surface area contributed by atoms with Gasteiger partial charge in [-0.2, -0.15) is 0 Å². The van der Waals surface area contributed by atoms with E-state index in [0.717, 1.165) is 25.1 Å². The third-order valence-corrected chi connectivity index (χ3v) is 5.21. The second-order valence-electron chi connectivity index (χ2n) is 6.48. The topological polar surface area (TPSA) is 94.6 Å². The van der Waals surface area contributed by atoms with Crippen molar-refractivity contribution >= 4 is 28.5 Å². The molecule has 0 radical (unpaired) electrons. The maximum atomic E-state index is 11.9. The van der Waals surface area contributed by atoms with E-state index in [2.05, 4.69) is 20.5 Å². The van der Waals surface area contributed by atoms with Crippen LogP contribution in [-0.2, 0) is 4.79 Å². The molecule has 2 amide bonds. The van der Waals surface area contributed by atoms with Crippen LogP contribution in [0.4, 0.5) is 9.93 Å². The van der Waals surface area contributed by atoms with Crippen molar-refractivity contribution in [2.24, 2.45) is 5.92 Å². The molecule has 2 aliphatic rings. The number of aryl methyl sites for hydroxylation is 1. The minimum absolute atomic E-state index is 0.0957. The molecule has 1 heterocycles. The Hall–Kier alpha value is -1.67. The molecule has 3 rings (SSSR count). The molecule has 0 aliphatic heterocycles. The number of amides is 2. The van der Waals surface area contributed by atoms with E-state index in [4.69, 9.17) is 5.11 Å². The van der Waals surface area contributed by atoms with Crippen LogP contribution in [-0.4, -0.2) is 52.2 Å². The molecule has 0 aromatic carbocycles. The highest BCUT2D eigenvalue weighted by Crippen LogP contribution is 2.33. The lowest BCUT2D eigenvalue weighted by Crippen LogP contribution is -2.55. The lowest BCUT2D eigenvalue weighted by molar-refractivity contribution is -0.139. The quantitative estimate of drug-likeness (QED) is 0.706. The van der Waals surface area contributed by atoms with Crippen molar-refractivity contribution in [3.8, 4) is 0 Å². The molecule has 2 fully saturated rings. The summed E-state index contributed by atoms with van der Waals surface area (Å²) in [6, 6.07) is 0.130. The van der Waals surface area contributed by atoms with E-state index in [1.807, 2.05) is 12.3 Å². The third-order valence-electron chi connectivity index (χ3n) is 4.33. The Bertz CT molecular complexity index is 581. The van der Waals surface area contributed by atoms with Gasteiger partial charge in [0.2, 0.25) is 0 Å². The molecule has 0 unspecified atom stereocenters. The summed E-state index contributed by atoms with van der Waals surface area (Å²) in [5.41, 5.74) is 0.887. The number of thiazole rings is 1. The number of hydrogen-bond donors (Lipinski definition) is 3. The molecule has 1 aromatic heterocycles. The Balaban J connectivity index is 1.41. The van der Waals surface area contributed by atoms with Crippen molar-refractivity contribution in [2.45, 2.75) is 44.7 Å². The SMILES string of the molecule is Cc1csc(NC(=O)NC2CC(N(CC(=O)O)CC3CC3)C2)n1. The van der Waals surface area contributed by atoms with Crippen LogP contribution in [0.25, 0.3) is 0 Å². The van der Waals surface area contributed by atoms with E-state index in [9.17, 15) is 9.59 Å². The highest BCUT2D eigenvalue weighted by Gasteiger charge is 2.37. The maximum absolute atomic E-state index is 11.9. The number of carbonyl (C=O) groups excluding carboxylic acids is 1. The Kier molecular flexibility index (Phi) is 4.82. The molecule has 23 heavy (non-hydrogen) atoms. The van der Waals surface area contributed by atoms with Crippen LogP contribution in [0.2, 0.25) is 0 Å². The zero-order valence-electron chi connectivity index (χ0n) is 13.1. The van der Waals surface area contributed by atoms with Gasteiger partial charge in [-0.15, -0.1) is 11.3 Å². The van der Waals surface area contributed by atoms with Crippen LogP contribution in [0.1, 0.15) is 31.4 Å². The minimum Gasteiger partial charge on any atom is -0.480 e. The van der Waals surface area contributed by atoms with Gasteiger partial charge in [0.05, 0.1) is 12.2 Å². The lowest BCUT2D eigenvalue weighted by Gasteiger charge is -2.42. The van der Waals surface area contributed by atoms with Crippen molar-refractivity contribution in [1.29, 1.82) is 0 Å². The standard InChI is InChI=1S/C15H22N4O3S/c1-9-8-23-15(16-9)18-14(22)17-11-4-12(5-11)19(7-13(20)21)6-10-2-3-10/h8,10-12H,2-7H2,1H3,(H,20,21)(H2,16,17,18,22). The minimum atomic E-state index is -0.779. The Labute approximate surface area is 139 Å². The predicted molar refractivity (Wildman–Crippen MR) is 87.7 cm³/mol. The zero-order valence-corrected chi connectivity index (χ0v) is 13.9. The first-order valence-electron chi connectivity index (χ1n) is 7.95. The molecule has 126 valence electrons. The number of rotatable bonds is 7. The third kappa shape index (κ3) is 4.65. The van der Waals surface area contributed by atoms with Crippen LogP contribution in [0.15, 0.2) is 5.38 Å². The van der Waals surface area contributed by atoms with E-state index < -0.39 is 5.97 Å². The Morgan fingerprint density at radius 1 is 1.43 bits per heavy atom. The summed E-state index contributed by atoms with van der Waals surface area (Å²) in [6.07, 6.45) is 4.04. The molecular formula is C15H22N4O3S. The van der Waals surface area contributed by atoms with Gasteiger partial charge in [0.1, 0.15) is 0 Å². The second-order valence-corrected chi connectivity index (χ2v) is 7.34. The molecule has 0 bridgehead atoms. The van der Waals surface area contributed by atoms with Gasteiger partial charge in [-0.1, -0.05) is 0 Å². The number of carboxylic acids is 1. The summed E-state index contributed by atoms with van der Waals surface area (Å²) >= 11 is 1.40. The number of aromatic nitrogens is 1. The summed E-state index contributed by atoms with van der Waals surface area (Å²) in [6.45, 7) is 2.85. The Morgan fingerprint density at radius 2 is 2.17 bits per heavy atom. The van der Waals surface area contributed by atoms with Crippen molar-refractivity contribution in [3.05, 3.63) is 11.1 Å². The number of hydrogen-bond acceptors (Lipinski definition) is 5. The summed E-state index contributed by atoms with van der Waals surface area (Å²) in [7, 11) is 0. The van der Waals surface area contributed by atoms with Crippen LogP contribution in [0.5, 0.6) is 0 Å². The molecule has 0 saturated heterocycles. The number of urea groups is 1. The van der Waals surface area contributed by atoms with E-state index in [0.29, 0.717) is 11.0 Å². The van der Waals surface area contributed by atoms with Crippen molar-refractivity contribution in [2.75, 3.05) is 18.4 Å². The van der Waals surface area contributed by atoms with Crippen LogP contribution < -0.4 is 10.6 Å². The van der Waals surface area contributed by atoms with E-state index in [1.54, 1.807) is 0 Å². The smallest absolute Gasteiger partial charge is 0.321 e. The number of nitrogens with zero attached hydrogens (tertiary/aromatic N) is 2. The van der Waals surface area contributed by atoms with Crippen molar-refractivity contribution in [1.82, 2.24) is 15.2 Å². The molecule has 8 heteroatoms. The highest BCUT2D eigenvalue weighted by atomic mass is 32.1. The van der Waals surface area contributed by atoms with E-state index in [-0.39, 0.29) is 24.7 Å². The molecule has 3 N–H and O–H groups in total. The largest absolute Gasteiger partial charge is 0.480 e. The predicted octanol–water partition coefficient (Wildman–Crippen LogP) is 1.90. The van der Waals surface area contributed by atoms with Crippen molar-refractivity contribution < 1.29 is 14.7 Å². The molecular weight excluding hydrogens is 316 g/mol. The molecule has 7 nitrogen and oxygen atoms in total. The molecule has 0 atom stereocenters.